The molecule has 0 aromatic carbocycles. The van der Waals surface area contributed by atoms with Crippen molar-refractivity contribution in [2.75, 3.05) is 38.7 Å². The smallest absolute Gasteiger partial charge is 0.407 e. The zero-order valence-electron chi connectivity index (χ0n) is 15.0. The molecule has 0 aromatic rings. The second-order valence-electron chi connectivity index (χ2n) is 5.91. The SMILES string of the molecule is CN=C(NCCCCSC)NCCCNC(=O)OC(C)(C)C.I. The van der Waals surface area contributed by atoms with Crippen molar-refractivity contribution in [3.8, 4) is 0 Å². The van der Waals surface area contributed by atoms with Crippen LogP contribution in [0.15, 0.2) is 4.99 Å². The number of aliphatic imine (C=N–C) groups is 1. The number of amides is 1. The van der Waals surface area contributed by atoms with Gasteiger partial charge in [-0.3, -0.25) is 4.99 Å². The highest BCUT2D eigenvalue weighted by Gasteiger charge is 2.15. The van der Waals surface area contributed by atoms with E-state index in [1.165, 1.54) is 12.2 Å². The number of nitrogens with zero attached hydrogens (tertiary/aromatic N) is 1. The highest BCUT2D eigenvalue weighted by Crippen LogP contribution is 2.06. The number of thioether (sulfide) groups is 1. The molecule has 0 spiro atoms. The molecule has 6 nitrogen and oxygen atoms in total. The minimum atomic E-state index is -0.454. The van der Waals surface area contributed by atoms with Crippen LogP contribution in [0.4, 0.5) is 4.79 Å². The lowest BCUT2D eigenvalue weighted by Gasteiger charge is -2.19. The summed E-state index contributed by atoms with van der Waals surface area (Å²) in [6, 6.07) is 0. The van der Waals surface area contributed by atoms with Gasteiger partial charge in [0.05, 0.1) is 0 Å². The fourth-order valence-corrected chi connectivity index (χ4v) is 2.09. The van der Waals surface area contributed by atoms with Crippen molar-refractivity contribution < 1.29 is 9.53 Å². The van der Waals surface area contributed by atoms with Crippen LogP contribution in [0.2, 0.25) is 0 Å². The lowest BCUT2D eigenvalue weighted by atomic mass is 10.2. The Morgan fingerprint density at radius 3 is 2.13 bits per heavy atom. The lowest BCUT2D eigenvalue weighted by molar-refractivity contribution is 0.0527. The zero-order valence-corrected chi connectivity index (χ0v) is 18.2. The third-order valence-electron chi connectivity index (χ3n) is 2.61. The molecule has 0 atom stereocenters. The summed E-state index contributed by atoms with van der Waals surface area (Å²) < 4.78 is 5.16. The van der Waals surface area contributed by atoms with Gasteiger partial charge in [-0.1, -0.05) is 0 Å². The van der Waals surface area contributed by atoms with E-state index in [9.17, 15) is 4.79 Å². The molecule has 0 unspecified atom stereocenters. The third-order valence-corrected chi connectivity index (χ3v) is 3.30. The fourth-order valence-electron chi connectivity index (χ4n) is 1.60. The van der Waals surface area contributed by atoms with Crippen LogP contribution in [0, 0.1) is 0 Å². The number of carbonyl (C=O) groups excluding carboxylic acids is 1. The first kappa shape index (κ1) is 24.9. The predicted molar refractivity (Wildman–Crippen MR) is 111 cm³/mol. The number of carbonyl (C=O) groups is 1. The quantitative estimate of drug-likeness (QED) is 0.214. The number of unbranched alkanes of at least 4 members (excludes halogenated alkanes) is 1. The van der Waals surface area contributed by atoms with Crippen LogP contribution >= 0.6 is 35.7 Å². The Bertz CT molecular complexity index is 336. The molecule has 0 aliphatic carbocycles. The van der Waals surface area contributed by atoms with E-state index in [0.29, 0.717) is 6.54 Å². The normalized spacial score (nSPS) is 11.4. The summed E-state index contributed by atoms with van der Waals surface area (Å²) in [5.41, 5.74) is -0.454. The summed E-state index contributed by atoms with van der Waals surface area (Å²) in [4.78, 5) is 15.6. The standard InChI is InChI=1S/C15H32N4O2S.HI/c1-15(2,3)21-14(20)19-11-8-10-18-13(16-4)17-9-6-7-12-22-5;/h6-12H2,1-5H3,(H,19,20)(H2,16,17,18);1H. The van der Waals surface area contributed by atoms with Crippen LogP contribution < -0.4 is 16.0 Å². The molecule has 0 aromatic heterocycles. The first-order chi connectivity index (χ1) is 10.4. The van der Waals surface area contributed by atoms with Gasteiger partial charge in [-0.15, -0.1) is 24.0 Å². The molecule has 0 bridgehead atoms. The van der Waals surface area contributed by atoms with Gasteiger partial charge in [-0.05, 0) is 52.0 Å². The molecule has 0 saturated carbocycles. The Hall–Kier alpha value is -0.380. The monoisotopic (exact) mass is 460 g/mol. The van der Waals surface area contributed by atoms with Crippen molar-refractivity contribution in [2.45, 2.75) is 45.6 Å². The topological polar surface area (TPSA) is 74.8 Å². The van der Waals surface area contributed by atoms with Crippen molar-refractivity contribution in [1.82, 2.24) is 16.0 Å². The van der Waals surface area contributed by atoms with E-state index in [1.54, 1.807) is 7.05 Å². The molecule has 8 heteroatoms. The number of hydrogen-bond donors (Lipinski definition) is 3. The molecule has 23 heavy (non-hydrogen) atoms. The number of rotatable bonds is 9. The van der Waals surface area contributed by atoms with Crippen LogP contribution in [0.3, 0.4) is 0 Å². The average Bonchev–Trinajstić information content (AvgIpc) is 2.42. The maximum atomic E-state index is 11.4. The Kier molecular flexibility index (Phi) is 16.4. The van der Waals surface area contributed by atoms with E-state index in [4.69, 9.17) is 4.74 Å². The summed E-state index contributed by atoms with van der Waals surface area (Å²) in [5, 5.41) is 9.23. The molecule has 138 valence electrons. The highest BCUT2D eigenvalue weighted by molar-refractivity contribution is 14.0. The molecule has 0 aliphatic rings. The molecule has 3 N–H and O–H groups in total. The van der Waals surface area contributed by atoms with E-state index < -0.39 is 5.60 Å². The minimum Gasteiger partial charge on any atom is -0.444 e. The molecular weight excluding hydrogens is 427 g/mol. The Morgan fingerprint density at radius 2 is 1.61 bits per heavy atom. The molecule has 0 fully saturated rings. The van der Waals surface area contributed by atoms with Gasteiger partial charge >= 0.3 is 6.09 Å². The molecule has 0 rings (SSSR count). The van der Waals surface area contributed by atoms with Crippen molar-refractivity contribution >= 4 is 47.8 Å². The van der Waals surface area contributed by atoms with E-state index in [2.05, 4.69) is 27.2 Å². The van der Waals surface area contributed by atoms with E-state index in [1.807, 2.05) is 32.5 Å². The van der Waals surface area contributed by atoms with Crippen LogP contribution in [-0.2, 0) is 4.74 Å². The summed E-state index contributed by atoms with van der Waals surface area (Å²) >= 11 is 1.87. The molecule has 0 saturated heterocycles. The maximum absolute atomic E-state index is 11.4. The van der Waals surface area contributed by atoms with Gasteiger partial charge in [0.2, 0.25) is 0 Å². The Labute approximate surface area is 162 Å². The molecule has 0 heterocycles. The maximum Gasteiger partial charge on any atom is 0.407 e. The van der Waals surface area contributed by atoms with Crippen LogP contribution in [0.25, 0.3) is 0 Å². The van der Waals surface area contributed by atoms with Crippen LogP contribution in [-0.4, -0.2) is 56.3 Å². The van der Waals surface area contributed by atoms with Gasteiger partial charge < -0.3 is 20.7 Å². The predicted octanol–water partition coefficient (Wildman–Crippen LogP) is 2.83. The summed E-state index contributed by atoms with van der Waals surface area (Å²) in [6.45, 7) is 7.80. The Morgan fingerprint density at radius 1 is 1.04 bits per heavy atom. The molecule has 0 radical (unpaired) electrons. The summed E-state index contributed by atoms with van der Waals surface area (Å²) in [5.74, 6) is 2.01. The number of alkyl carbamates (subject to hydrolysis) is 1. The lowest BCUT2D eigenvalue weighted by Crippen LogP contribution is -2.39. The number of nitrogens with one attached hydrogen (secondary N) is 3. The first-order valence-corrected chi connectivity index (χ1v) is 9.18. The van der Waals surface area contributed by atoms with E-state index >= 15 is 0 Å². The highest BCUT2D eigenvalue weighted by atomic mass is 127. The summed E-state index contributed by atoms with van der Waals surface area (Å²) in [6.07, 6.45) is 4.92. The zero-order chi connectivity index (χ0) is 16.8. The van der Waals surface area contributed by atoms with E-state index in [-0.39, 0.29) is 30.1 Å². The number of halogens is 1. The average molecular weight is 460 g/mol. The molecule has 1 amide bonds. The van der Waals surface area contributed by atoms with Crippen LogP contribution in [0.1, 0.15) is 40.0 Å². The van der Waals surface area contributed by atoms with E-state index in [0.717, 1.165) is 31.9 Å². The Balaban J connectivity index is 0. The van der Waals surface area contributed by atoms with Gasteiger partial charge in [0.25, 0.3) is 0 Å². The van der Waals surface area contributed by atoms with Crippen LogP contribution in [0.5, 0.6) is 0 Å². The van der Waals surface area contributed by atoms with Gasteiger partial charge in [0, 0.05) is 26.7 Å². The fraction of sp³-hybridized carbons (Fsp3) is 0.867. The van der Waals surface area contributed by atoms with Crippen molar-refractivity contribution in [1.29, 1.82) is 0 Å². The second-order valence-corrected chi connectivity index (χ2v) is 6.89. The van der Waals surface area contributed by atoms with Gasteiger partial charge in [0.1, 0.15) is 5.60 Å². The summed E-state index contributed by atoms with van der Waals surface area (Å²) in [7, 11) is 1.76. The minimum absolute atomic E-state index is 0. The first-order valence-electron chi connectivity index (χ1n) is 7.79. The third kappa shape index (κ3) is 17.8. The largest absolute Gasteiger partial charge is 0.444 e. The second kappa shape index (κ2) is 15.2. The van der Waals surface area contributed by atoms with Crippen molar-refractivity contribution in [2.24, 2.45) is 4.99 Å². The van der Waals surface area contributed by atoms with Gasteiger partial charge in [0.15, 0.2) is 5.96 Å². The number of guanidine groups is 1. The van der Waals surface area contributed by atoms with Crippen molar-refractivity contribution in [3.05, 3.63) is 0 Å². The van der Waals surface area contributed by atoms with Gasteiger partial charge in [-0.2, -0.15) is 11.8 Å². The molecule has 0 aliphatic heterocycles. The van der Waals surface area contributed by atoms with Crippen molar-refractivity contribution in [3.63, 3.8) is 0 Å². The molecular formula is C15H33IN4O2S. The van der Waals surface area contributed by atoms with Gasteiger partial charge in [-0.25, -0.2) is 4.79 Å². The number of ether oxygens (including phenoxy) is 1. The number of hydrogen-bond acceptors (Lipinski definition) is 4.